The summed E-state index contributed by atoms with van der Waals surface area (Å²) >= 11 is 0. The second-order valence-corrected chi connectivity index (χ2v) is 17.5. The van der Waals surface area contributed by atoms with Crippen molar-refractivity contribution in [1.82, 2.24) is 9.97 Å². The largest absolute Gasteiger partial charge is 0.476 e. The maximum Gasteiger partial charge on any atom is 0.123 e. The third-order valence-electron chi connectivity index (χ3n) is 7.85. The molecule has 1 radical (unpaired) electrons. The van der Waals surface area contributed by atoms with Crippen molar-refractivity contribution in [3.8, 4) is 33.6 Å². The van der Waals surface area contributed by atoms with Gasteiger partial charge in [0.2, 0.25) is 0 Å². The molecule has 0 aliphatic heterocycles. The number of aromatic nitrogens is 2. The van der Waals surface area contributed by atoms with Crippen LogP contribution < -0.4 is 5.19 Å². The second-order valence-electron chi connectivity index (χ2n) is 12.4. The summed E-state index contributed by atoms with van der Waals surface area (Å²) < 4.78 is 6.14. The minimum absolute atomic E-state index is 0. The molecule has 45 heavy (non-hydrogen) atoms. The van der Waals surface area contributed by atoms with E-state index in [-0.39, 0.29) is 20.1 Å². The summed E-state index contributed by atoms with van der Waals surface area (Å²) in [6.45, 7) is 11.4. The Hall–Kier alpha value is -4.15. The van der Waals surface area contributed by atoms with Gasteiger partial charge in [-0.15, -0.1) is 53.6 Å². The topological polar surface area (TPSA) is 38.9 Å². The SMILES string of the molecule is CC(C)c1ccnc(-c2[c-]cc3c(c2)oc2ccc(-c4ccccc4)cc23)c1.C[Si](C)(C)c1ccc(-c2[c-]cccc2)nc1.[Ir]. The Labute approximate surface area is 280 Å². The van der Waals surface area contributed by atoms with Crippen LogP contribution in [0.2, 0.25) is 19.6 Å². The Bertz CT molecular complexity index is 2010. The van der Waals surface area contributed by atoms with Gasteiger partial charge in [-0.1, -0.05) is 111 Å². The smallest absolute Gasteiger partial charge is 0.123 e. The molecular formula is C40H36IrN2OSi-2. The average molecular weight is 781 g/mol. The minimum atomic E-state index is -1.23. The molecule has 0 fully saturated rings. The summed E-state index contributed by atoms with van der Waals surface area (Å²) in [5.74, 6) is 0.466. The summed E-state index contributed by atoms with van der Waals surface area (Å²) in [6, 6.07) is 43.9. The normalized spacial score (nSPS) is 11.2. The molecule has 7 rings (SSSR count). The first-order chi connectivity index (χ1) is 21.3. The number of pyridine rings is 2. The van der Waals surface area contributed by atoms with Crippen LogP contribution in [0.25, 0.3) is 55.6 Å². The predicted molar refractivity (Wildman–Crippen MR) is 187 cm³/mol. The molecule has 0 N–H and O–H groups in total. The quantitative estimate of drug-likeness (QED) is 0.129. The number of rotatable bonds is 5. The standard InChI is InChI=1S/C26H20NO.C14H16NSi.Ir/c1-17(2)19-12-13-27-24(15-19)21-8-10-22-23-14-20(18-6-4-3-5-7-18)9-11-25(23)28-26(22)16-21;1-16(2,3)13-9-10-14(15-11-13)12-7-5-4-6-8-12;/h3-7,9-17H,1-2H3;4-7,9-11H,1-3H3;/q2*-1;. The van der Waals surface area contributed by atoms with Crippen molar-refractivity contribution in [2.75, 3.05) is 0 Å². The molecule has 227 valence electrons. The van der Waals surface area contributed by atoms with Crippen LogP contribution in [0.3, 0.4) is 0 Å². The Morgan fingerprint density at radius 3 is 2.16 bits per heavy atom. The van der Waals surface area contributed by atoms with Crippen LogP contribution in [0.5, 0.6) is 0 Å². The monoisotopic (exact) mass is 781 g/mol. The van der Waals surface area contributed by atoms with E-state index < -0.39 is 8.07 Å². The van der Waals surface area contributed by atoms with Crippen molar-refractivity contribution in [3.05, 3.63) is 139 Å². The molecule has 3 aromatic heterocycles. The summed E-state index contributed by atoms with van der Waals surface area (Å²) in [5, 5.41) is 3.59. The number of furan rings is 1. The molecule has 0 saturated heterocycles. The third-order valence-corrected chi connectivity index (χ3v) is 9.88. The molecule has 0 spiro atoms. The zero-order valence-electron chi connectivity index (χ0n) is 26.3. The zero-order chi connectivity index (χ0) is 30.7. The van der Waals surface area contributed by atoms with E-state index in [2.05, 4.69) is 122 Å². The molecular weight excluding hydrogens is 745 g/mol. The fourth-order valence-electron chi connectivity index (χ4n) is 5.18. The molecule has 0 aliphatic carbocycles. The van der Waals surface area contributed by atoms with Crippen molar-refractivity contribution in [1.29, 1.82) is 0 Å². The van der Waals surface area contributed by atoms with Gasteiger partial charge in [0, 0.05) is 32.5 Å². The fraction of sp³-hybridized carbons (Fsp3) is 0.150. The number of fused-ring (bicyclic) bond motifs is 3. The number of hydrogen-bond donors (Lipinski definition) is 0. The molecule has 0 amide bonds. The molecule has 7 aromatic rings. The Morgan fingerprint density at radius 1 is 0.667 bits per heavy atom. The van der Waals surface area contributed by atoms with Gasteiger partial charge in [-0.2, -0.15) is 0 Å². The van der Waals surface area contributed by atoms with E-state index in [1.165, 1.54) is 21.9 Å². The van der Waals surface area contributed by atoms with E-state index in [1.54, 1.807) is 0 Å². The zero-order valence-corrected chi connectivity index (χ0v) is 29.7. The van der Waals surface area contributed by atoms with Gasteiger partial charge < -0.3 is 14.4 Å². The van der Waals surface area contributed by atoms with E-state index in [0.717, 1.165) is 44.5 Å². The van der Waals surface area contributed by atoms with Crippen LogP contribution in [-0.4, -0.2) is 18.0 Å². The molecule has 5 heteroatoms. The molecule has 0 saturated carbocycles. The van der Waals surface area contributed by atoms with Crippen molar-refractivity contribution in [3.63, 3.8) is 0 Å². The minimum Gasteiger partial charge on any atom is -0.476 e. The van der Waals surface area contributed by atoms with Crippen molar-refractivity contribution < 1.29 is 24.5 Å². The van der Waals surface area contributed by atoms with Gasteiger partial charge in [-0.3, -0.25) is 0 Å². The first kappa shape index (κ1) is 32.2. The van der Waals surface area contributed by atoms with Gasteiger partial charge >= 0.3 is 0 Å². The van der Waals surface area contributed by atoms with Crippen LogP contribution >= 0.6 is 0 Å². The fourth-order valence-corrected chi connectivity index (χ4v) is 6.21. The van der Waals surface area contributed by atoms with Gasteiger partial charge in [0.25, 0.3) is 0 Å². The van der Waals surface area contributed by atoms with E-state index in [9.17, 15) is 0 Å². The summed E-state index contributed by atoms with van der Waals surface area (Å²) in [5.41, 5.74) is 9.37. The Balaban J connectivity index is 0.000000202. The Kier molecular flexibility index (Phi) is 9.94. The first-order valence-electron chi connectivity index (χ1n) is 15.1. The van der Waals surface area contributed by atoms with Crippen molar-refractivity contribution in [2.45, 2.75) is 39.4 Å². The molecule has 3 heterocycles. The van der Waals surface area contributed by atoms with Crippen molar-refractivity contribution >= 4 is 35.2 Å². The van der Waals surface area contributed by atoms with E-state index in [4.69, 9.17) is 4.42 Å². The van der Waals surface area contributed by atoms with Gasteiger partial charge in [-0.05, 0) is 51.1 Å². The summed E-state index contributed by atoms with van der Waals surface area (Å²) in [6.07, 6.45) is 3.88. The maximum absolute atomic E-state index is 6.14. The van der Waals surface area contributed by atoms with Gasteiger partial charge in [-0.25, -0.2) is 0 Å². The Morgan fingerprint density at radius 2 is 1.47 bits per heavy atom. The van der Waals surface area contributed by atoms with Crippen molar-refractivity contribution in [2.24, 2.45) is 0 Å². The van der Waals surface area contributed by atoms with Crippen LogP contribution in [0.4, 0.5) is 0 Å². The molecule has 3 nitrogen and oxygen atoms in total. The molecule has 0 bridgehead atoms. The number of hydrogen-bond acceptors (Lipinski definition) is 3. The first-order valence-corrected chi connectivity index (χ1v) is 18.6. The maximum atomic E-state index is 6.14. The van der Waals surface area contributed by atoms with Gasteiger partial charge in [0.05, 0.1) is 13.7 Å². The average Bonchev–Trinajstić information content (AvgIpc) is 3.43. The van der Waals surface area contributed by atoms with E-state index in [0.29, 0.717) is 5.92 Å². The van der Waals surface area contributed by atoms with Crippen LogP contribution in [0, 0.1) is 12.1 Å². The second kappa shape index (κ2) is 13.9. The predicted octanol–water partition coefficient (Wildman–Crippen LogP) is 10.3. The van der Waals surface area contributed by atoms with Crippen LogP contribution in [0.1, 0.15) is 25.3 Å². The van der Waals surface area contributed by atoms with Crippen LogP contribution in [0.15, 0.2) is 126 Å². The summed E-state index contributed by atoms with van der Waals surface area (Å²) in [4.78, 5) is 9.05. The van der Waals surface area contributed by atoms with E-state index in [1.807, 2.05) is 54.9 Å². The third kappa shape index (κ3) is 7.40. The van der Waals surface area contributed by atoms with E-state index >= 15 is 0 Å². The molecule has 0 aliphatic rings. The summed E-state index contributed by atoms with van der Waals surface area (Å²) in [7, 11) is -1.23. The van der Waals surface area contributed by atoms with Gasteiger partial charge in [0.15, 0.2) is 0 Å². The number of nitrogens with zero attached hydrogens (tertiary/aromatic N) is 2. The molecule has 0 atom stereocenters. The van der Waals surface area contributed by atoms with Crippen LogP contribution in [-0.2, 0) is 20.1 Å². The molecule has 0 unspecified atom stereocenters. The van der Waals surface area contributed by atoms with Gasteiger partial charge in [0.1, 0.15) is 5.58 Å². The molecule has 4 aromatic carbocycles. The number of benzene rings is 4.